The lowest BCUT2D eigenvalue weighted by Crippen LogP contribution is -1.98. The molecule has 0 aliphatic carbocycles. The van der Waals surface area contributed by atoms with Crippen molar-refractivity contribution in [2.45, 2.75) is 0 Å². The molecule has 0 spiro atoms. The summed E-state index contributed by atoms with van der Waals surface area (Å²) in [5.41, 5.74) is 16.6. The van der Waals surface area contributed by atoms with Crippen molar-refractivity contribution in [3.63, 3.8) is 0 Å². The molecule has 6 aromatic heterocycles. The van der Waals surface area contributed by atoms with Crippen LogP contribution in [-0.2, 0) is 0 Å². The van der Waals surface area contributed by atoms with Gasteiger partial charge in [-0.2, -0.15) is 0 Å². The van der Waals surface area contributed by atoms with Crippen molar-refractivity contribution >= 4 is 172 Å². The fourth-order valence-corrected chi connectivity index (χ4v) is 17.5. The first-order valence-electron chi connectivity index (χ1n) is 29.5. The first-order valence-corrected chi connectivity index (χ1v) is 31.1. The van der Waals surface area contributed by atoms with E-state index in [1.807, 2.05) is 22.7 Å². The lowest BCUT2D eigenvalue weighted by Gasteiger charge is -2.13. The summed E-state index contributed by atoms with van der Waals surface area (Å²) in [6.45, 7) is 0. The zero-order valence-electron chi connectivity index (χ0n) is 46.2. The van der Waals surface area contributed by atoms with Gasteiger partial charge in [-0.05, 0) is 118 Å². The SMILES string of the molecule is c1ccc(-n2c3ccc(-c4cccc5c4ccc4c5c5ccc6c7ccccc7n(-c7ccccc7)c6c5n4-c4ccc5c(c4)sc4ccccc45)cc3c3c4ccccc4c4c(c5ccccc5n4-c4ccc5c(c4)sc4ccccc45)c32)cc1. The molecule has 6 heterocycles. The van der Waals surface area contributed by atoms with Gasteiger partial charge in [-0.15, -0.1) is 22.7 Å². The molecule has 0 saturated heterocycles. The number of thiophene rings is 2. The third kappa shape index (κ3) is 6.25. The van der Waals surface area contributed by atoms with Gasteiger partial charge < -0.3 is 18.3 Å². The van der Waals surface area contributed by atoms with E-state index in [1.54, 1.807) is 0 Å². The van der Waals surface area contributed by atoms with Gasteiger partial charge in [-0.1, -0.05) is 188 Å². The van der Waals surface area contributed by atoms with Crippen LogP contribution < -0.4 is 0 Å². The molecular formula is C80H46N4S2. The summed E-state index contributed by atoms with van der Waals surface area (Å²) >= 11 is 3.75. The number of rotatable bonds is 5. The monoisotopic (exact) mass is 1130 g/mol. The zero-order valence-corrected chi connectivity index (χ0v) is 47.8. The largest absolute Gasteiger partial charge is 0.309 e. The summed E-state index contributed by atoms with van der Waals surface area (Å²) in [6.07, 6.45) is 0. The second-order valence-corrected chi connectivity index (χ2v) is 25.2. The van der Waals surface area contributed by atoms with Gasteiger partial charge >= 0.3 is 0 Å². The molecule has 0 fully saturated rings. The Kier molecular flexibility index (Phi) is 9.45. The van der Waals surface area contributed by atoms with E-state index in [0.717, 1.165) is 22.7 Å². The second-order valence-electron chi connectivity index (χ2n) is 23.0. The van der Waals surface area contributed by atoms with Crippen LogP contribution in [0, 0.1) is 0 Å². The smallest absolute Gasteiger partial charge is 0.0789 e. The number of para-hydroxylation sites is 4. The van der Waals surface area contributed by atoms with Crippen molar-refractivity contribution in [2.24, 2.45) is 0 Å². The van der Waals surface area contributed by atoms with Crippen LogP contribution in [0.25, 0.3) is 183 Å². The minimum Gasteiger partial charge on any atom is -0.309 e. The molecule has 0 amide bonds. The van der Waals surface area contributed by atoms with Gasteiger partial charge in [0.2, 0.25) is 0 Å². The van der Waals surface area contributed by atoms with Gasteiger partial charge in [0.25, 0.3) is 0 Å². The molecule has 0 radical (unpaired) electrons. The number of hydrogen-bond acceptors (Lipinski definition) is 2. The summed E-state index contributed by atoms with van der Waals surface area (Å²) < 4.78 is 15.3. The van der Waals surface area contributed by atoms with E-state index in [9.17, 15) is 0 Å². The predicted molar refractivity (Wildman–Crippen MR) is 370 cm³/mol. The molecule has 20 aromatic rings. The highest BCUT2D eigenvalue weighted by Crippen LogP contribution is 2.50. The van der Waals surface area contributed by atoms with Crippen LogP contribution in [-0.4, -0.2) is 18.3 Å². The van der Waals surface area contributed by atoms with Crippen LogP contribution in [0.1, 0.15) is 0 Å². The molecule has 0 aliphatic rings. The topological polar surface area (TPSA) is 19.7 Å². The Labute approximate surface area is 499 Å². The highest BCUT2D eigenvalue weighted by atomic mass is 32.1. The molecule has 398 valence electrons. The number of hydrogen-bond donors (Lipinski definition) is 0. The molecule has 20 rings (SSSR count). The lowest BCUT2D eigenvalue weighted by atomic mass is 9.94. The van der Waals surface area contributed by atoms with E-state index < -0.39 is 0 Å². The van der Waals surface area contributed by atoms with Crippen LogP contribution in [0.4, 0.5) is 0 Å². The molecule has 0 saturated carbocycles. The van der Waals surface area contributed by atoms with E-state index in [2.05, 4.69) is 297 Å². The number of nitrogens with zero attached hydrogens (tertiary/aromatic N) is 4. The zero-order chi connectivity index (χ0) is 55.9. The molecule has 86 heavy (non-hydrogen) atoms. The Bertz CT molecular complexity index is 6320. The summed E-state index contributed by atoms with van der Waals surface area (Å²) in [5.74, 6) is 0. The molecule has 0 N–H and O–H groups in total. The average molecular weight is 1130 g/mol. The average Bonchev–Trinajstić information content (AvgIpc) is 1.73. The van der Waals surface area contributed by atoms with Gasteiger partial charge in [-0.3, -0.25) is 0 Å². The van der Waals surface area contributed by atoms with Crippen LogP contribution in [0.2, 0.25) is 0 Å². The van der Waals surface area contributed by atoms with Gasteiger partial charge in [0.15, 0.2) is 0 Å². The quantitative estimate of drug-likeness (QED) is 0.164. The predicted octanol–water partition coefficient (Wildman–Crippen LogP) is 22.8. The third-order valence-corrected chi connectivity index (χ3v) is 21.0. The Morgan fingerprint density at radius 2 is 0.640 bits per heavy atom. The first-order chi connectivity index (χ1) is 42.7. The first kappa shape index (κ1) is 46.7. The van der Waals surface area contributed by atoms with Crippen LogP contribution in [0.15, 0.2) is 279 Å². The number of benzene rings is 14. The lowest BCUT2D eigenvalue weighted by molar-refractivity contribution is 1.15. The van der Waals surface area contributed by atoms with Crippen molar-refractivity contribution in [1.82, 2.24) is 18.3 Å². The third-order valence-electron chi connectivity index (χ3n) is 18.7. The van der Waals surface area contributed by atoms with Crippen molar-refractivity contribution in [1.29, 1.82) is 0 Å². The Balaban J connectivity index is 0.873. The van der Waals surface area contributed by atoms with Crippen LogP contribution >= 0.6 is 22.7 Å². The van der Waals surface area contributed by atoms with Crippen molar-refractivity contribution in [2.75, 3.05) is 0 Å². The Morgan fingerprint density at radius 1 is 0.198 bits per heavy atom. The van der Waals surface area contributed by atoms with Gasteiger partial charge in [-0.25, -0.2) is 0 Å². The van der Waals surface area contributed by atoms with E-state index >= 15 is 0 Å². The summed E-state index contributed by atoms with van der Waals surface area (Å²) in [7, 11) is 0. The van der Waals surface area contributed by atoms with Gasteiger partial charge in [0.1, 0.15) is 0 Å². The number of fused-ring (bicyclic) bond motifs is 25. The summed E-state index contributed by atoms with van der Waals surface area (Å²) in [5, 5.41) is 20.1. The van der Waals surface area contributed by atoms with Gasteiger partial charge in [0.05, 0.1) is 44.1 Å². The van der Waals surface area contributed by atoms with Gasteiger partial charge in [0, 0.05) is 112 Å². The van der Waals surface area contributed by atoms with Crippen molar-refractivity contribution < 1.29 is 0 Å². The fraction of sp³-hybridized carbons (Fsp3) is 0. The molecule has 0 unspecified atom stereocenters. The van der Waals surface area contributed by atoms with E-state index in [1.165, 1.54) is 160 Å². The maximum Gasteiger partial charge on any atom is 0.0789 e. The number of aromatic nitrogens is 4. The van der Waals surface area contributed by atoms with E-state index in [-0.39, 0.29) is 0 Å². The molecule has 0 bridgehead atoms. The maximum atomic E-state index is 2.57. The standard InChI is InChI=1S/C80H46N4S2/c1-3-18-48(19-4-1)81-66-30-13-9-22-54(66)62-39-40-64-74-59-29-17-28-52(53(59)41-43-69(74)84(79(64)78(62)81)51-36-38-58-56-24-12-16-33-71(56)86-73(58)46-51)47-34-42-68-65(44-47)75-60-25-7-8-26-61(60)77-76(80(75)82(68)49-20-5-2-6-21-49)63-27-10-14-31-67(63)83(77)50-35-37-57-55-23-11-15-32-70(55)85-72(57)45-50/h1-46H. The van der Waals surface area contributed by atoms with E-state index in [0.29, 0.717) is 0 Å². The molecule has 0 atom stereocenters. The van der Waals surface area contributed by atoms with Crippen LogP contribution in [0.3, 0.4) is 0 Å². The molecular weight excluding hydrogens is 1080 g/mol. The molecule has 4 nitrogen and oxygen atoms in total. The highest BCUT2D eigenvalue weighted by molar-refractivity contribution is 7.26. The summed E-state index contributed by atoms with van der Waals surface area (Å²) in [4.78, 5) is 0. The normalized spacial score (nSPS) is 12.4. The Morgan fingerprint density at radius 3 is 1.33 bits per heavy atom. The summed E-state index contributed by atoms with van der Waals surface area (Å²) in [6, 6.07) is 105. The molecule has 0 aliphatic heterocycles. The van der Waals surface area contributed by atoms with Crippen LogP contribution in [0.5, 0.6) is 0 Å². The molecule has 6 heteroatoms. The molecule has 14 aromatic carbocycles. The minimum absolute atomic E-state index is 1.14. The minimum atomic E-state index is 1.14. The highest BCUT2D eigenvalue weighted by Gasteiger charge is 2.27. The van der Waals surface area contributed by atoms with Crippen molar-refractivity contribution in [3.8, 4) is 33.9 Å². The second kappa shape index (κ2) is 17.4. The maximum absolute atomic E-state index is 2.57. The fourth-order valence-electron chi connectivity index (χ4n) is 15.2. The van der Waals surface area contributed by atoms with Crippen molar-refractivity contribution in [3.05, 3.63) is 279 Å². The van der Waals surface area contributed by atoms with E-state index in [4.69, 9.17) is 0 Å². The Hall–Kier alpha value is -10.8.